The maximum atomic E-state index is 13.4. The Bertz CT molecular complexity index is 934. The van der Waals surface area contributed by atoms with E-state index in [1.165, 1.54) is 0 Å². The summed E-state index contributed by atoms with van der Waals surface area (Å²) in [5.41, 5.74) is 4.29. The number of ether oxygens (including phenoxy) is 1. The normalized spacial score (nSPS) is 14.8. The van der Waals surface area contributed by atoms with E-state index in [1.807, 2.05) is 70.2 Å². The molecule has 2 amide bonds. The molecule has 1 saturated carbocycles. The van der Waals surface area contributed by atoms with E-state index in [2.05, 4.69) is 5.32 Å². The molecule has 0 aromatic heterocycles. The highest BCUT2D eigenvalue weighted by atomic mass is 16.5. The number of aryl methyl sites for hydroxylation is 2. The van der Waals surface area contributed by atoms with E-state index in [9.17, 15) is 9.59 Å². The van der Waals surface area contributed by atoms with Crippen molar-refractivity contribution in [2.24, 2.45) is 0 Å². The molecular weight excluding hydrogens is 400 g/mol. The molecule has 0 heterocycles. The fraction of sp³-hybridized carbons (Fsp3) is 0.481. The van der Waals surface area contributed by atoms with Gasteiger partial charge in [-0.2, -0.15) is 0 Å². The lowest BCUT2D eigenvalue weighted by atomic mass is 10.1. The van der Waals surface area contributed by atoms with Gasteiger partial charge in [0.1, 0.15) is 11.8 Å². The first kappa shape index (κ1) is 23.8. The molecule has 0 aliphatic heterocycles. The summed E-state index contributed by atoms with van der Waals surface area (Å²) >= 11 is 0. The van der Waals surface area contributed by atoms with Gasteiger partial charge in [0.15, 0.2) is 6.61 Å². The van der Waals surface area contributed by atoms with E-state index in [0.717, 1.165) is 47.9 Å². The highest BCUT2D eigenvalue weighted by molar-refractivity contribution is 5.88. The molecule has 32 heavy (non-hydrogen) atoms. The Hall–Kier alpha value is -2.82. The van der Waals surface area contributed by atoms with E-state index in [4.69, 9.17) is 4.74 Å². The molecule has 1 aliphatic carbocycles. The van der Waals surface area contributed by atoms with Gasteiger partial charge in [-0.3, -0.25) is 9.59 Å². The molecule has 0 bridgehead atoms. The molecule has 2 aromatic carbocycles. The summed E-state index contributed by atoms with van der Waals surface area (Å²) in [4.78, 5) is 28.3. The van der Waals surface area contributed by atoms with Crippen LogP contribution in [-0.4, -0.2) is 35.4 Å². The SMILES string of the molecule is CC[C@H](C(=O)NC1CCCC1)N(Cc1ccccc1C)C(=O)COc1cccc(C)c1C. The average molecular weight is 437 g/mol. The predicted molar refractivity (Wildman–Crippen MR) is 128 cm³/mol. The van der Waals surface area contributed by atoms with Gasteiger partial charge >= 0.3 is 0 Å². The van der Waals surface area contributed by atoms with Crippen molar-refractivity contribution in [3.8, 4) is 5.75 Å². The average Bonchev–Trinajstić information content (AvgIpc) is 3.28. The maximum absolute atomic E-state index is 13.4. The predicted octanol–water partition coefficient (Wildman–Crippen LogP) is 4.86. The van der Waals surface area contributed by atoms with E-state index in [-0.39, 0.29) is 24.5 Å². The van der Waals surface area contributed by atoms with Crippen LogP contribution in [0.3, 0.4) is 0 Å². The van der Waals surface area contributed by atoms with Crippen molar-refractivity contribution in [1.29, 1.82) is 0 Å². The van der Waals surface area contributed by atoms with Gasteiger partial charge in [0, 0.05) is 12.6 Å². The van der Waals surface area contributed by atoms with Crippen LogP contribution in [-0.2, 0) is 16.1 Å². The third kappa shape index (κ3) is 5.90. The van der Waals surface area contributed by atoms with Crippen molar-refractivity contribution < 1.29 is 14.3 Å². The molecule has 5 nitrogen and oxygen atoms in total. The van der Waals surface area contributed by atoms with Crippen LogP contribution in [0.25, 0.3) is 0 Å². The van der Waals surface area contributed by atoms with Crippen LogP contribution in [0.2, 0.25) is 0 Å². The van der Waals surface area contributed by atoms with Crippen LogP contribution in [0.5, 0.6) is 5.75 Å². The summed E-state index contributed by atoms with van der Waals surface area (Å²) in [6, 6.07) is 13.5. The zero-order valence-corrected chi connectivity index (χ0v) is 19.8. The summed E-state index contributed by atoms with van der Waals surface area (Å²) in [7, 11) is 0. The quantitative estimate of drug-likeness (QED) is 0.611. The molecule has 0 saturated heterocycles. The Morgan fingerprint density at radius 2 is 1.72 bits per heavy atom. The zero-order chi connectivity index (χ0) is 23.1. The van der Waals surface area contributed by atoms with E-state index >= 15 is 0 Å². The van der Waals surface area contributed by atoms with Gasteiger partial charge in [0.2, 0.25) is 5.91 Å². The van der Waals surface area contributed by atoms with Crippen LogP contribution in [0.4, 0.5) is 0 Å². The number of hydrogen-bond donors (Lipinski definition) is 1. The first-order valence-electron chi connectivity index (χ1n) is 11.7. The second-order valence-electron chi connectivity index (χ2n) is 8.85. The fourth-order valence-corrected chi connectivity index (χ4v) is 4.36. The van der Waals surface area contributed by atoms with E-state index in [0.29, 0.717) is 18.7 Å². The molecule has 1 fully saturated rings. The fourth-order valence-electron chi connectivity index (χ4n) is 4.36. The standard InChI is InChI=1S/C27H36N2O3/c1-5-24(27(31)28-23-14-8-9-15-23)29(17-22-13-7-6-11-20(22)3)26(30)18-32-25-16-10-12-19(2)21(25)4/h6-7,10-13,16,23-24H,5,8-9,14-15,17-18H2,1-4H3,(H,28,31)/t24-/m1/s1. The van der Waals surface area contributed by atoms with Crippen molar-refractivity contribution in [3.05, 3.63) is 64.7 Å². The van der Waals surface area contributed by atoms with Crippen molar-refractivity contribution in [2.45, 2.75) is 78.4 Å². The Morgan fingerprint density at radius 3 is 2.41 bits per heavy atom. The lowest BCUT2D eigenvalue weighted by Crippen LogP contribution is -2.52. The van der Waals surface area contributed by atoms with Crippen molar-refractivity contribution >= 4 is 11.8 Å². The van der Waals surface area contributed by atoms with Crippen molar-refractivity contribution in [3.63, 3.8) is 0 Å². The molecule has 1 atom stereocenters. The molecule has 1 aliphatic rings. The third-order valence-electron chi connectivity index (χ3n) is 6.60. The summed E-state index contributed by atoms with van der Waals surface area (Å²) in [6.45, 7) is 8.30. The van der Waals surface area contributed by atoms with Gasteiger partial charge in [0.25, 0.3) is 5.91 Å². The number of nitrogens with zero attached hydrogens (tertiary/aromatic N) is 1. The molecule has 3 rings (SSSR count). The maximum Gasteiger partial charge on any atom is 0.261 e. The van der Waals surface area contributed by atoms with E-state index in [1.54, 1.807) is 4.90 Å². The molecular formula is C27H36N2O3. The number of rotatable bonds is 9. The number of hydrogen-bond acceptors (Lipinski definition) is 3. The number of nitrogens with one attached hydrogen (secondary N) is 1. The van der Waals surface area contributed by atoms with Crippen LogP contribution < -0.4 is 10.1 Å². The minimum absolute atomic E-state index is 0.0620. The Morgan fingerprint density at radius 1 is 1.03 bits per heavy atom. The highest BCUT2D eigenvalue weighted by Gasteiger charge is 2.31. The Kier molecular flexibility index (Phi) is 8.32. The monoisotopic (exact) mass is 436 g/mol. The number of amides is 2. The number of carbonyl (C=O) groups excluding carboxylic acids is 2. The first-order chi connectivity index (χ1) is 15.4. The molecule has 2 aromatic rings. The van der Waals surface area contributed by atoms with Gasteiger partial charge in [-0.1, -0.05) is 56.2 Å². The third-order valence-corrected chi connectivity index (χ3v) is 6.60. The van der Waals surface area contributed by atoms with Crippen LogP contribution in [0, 0.1) is 20.8 Å². The van der Waals surface area contributed by atoms with Crippen LogP contribution in [0.1, 0.15) is 61.3 Å². The number of carbonyl (C=O) groups is 2. The molecule has 0 spiro atoms. The van der Waals surface area contributed by atoms with Gasteiger partial charge in [-0.15, -0.1) is 0 Å². The van der Waals surface area contributed by atoms with Crippen molar-refractivity contribution in [2.75, 3.05) is 6.61 Å². The number of benzene rings is 2. The molecule has 0 radical (unpaired) electrons. The van der Waals surface area contributed by atoms with E-state index < -0.39 is 6.04 Å². The topological polar surface area (TPSA) is 58.6 Å². The van der Waals surface area contributed by atoms with Gasteiger partial charge in [-0.05, 0) is 68.4 Å². The van der Waals surface area contributed by atoms with Gasteiger partial charge < -0.3 is 15.0 Å². The van der Waals surface area contributed by atoms with Crippen LogP contribution >= 0.6 is 0 Å². The summed E-state index contributed by atoms with van der Waals surface area (Å²) < 4.78 is 5.91. The van der Waals surface area contributed by atoms with Crippen molar-refractivity contribution in [1.82, 2.24) is 10.2 Å². The lowest BCUT2D eigenvalue weighted by Gasteiger charge is -2.32. The largest absolute Gasteiger partial charge is 0.483 e. The van der Waals surface area contributed by atoms with Gasteiger partial charge in [-0.25, -0.2) is 0 Å². The summed E-state index contributed by atoms with van der Waals surface area (Å²) in [5.74, 6) is 0.466. The second kappa shape index (κ2) is 11.2. The Labute approximate surface area is 192 Å². The summed E-state index contributed by atoms with van der Waals surface area (Å²) in [5, 5.41) is 3.18. The molecule has 1 N–H and O–H groups in total. The minimum Gasteiger partial charge on any atom is -0.483 e. The Balaban J connectivity index is 1.79. The second-order valence-corrected chi connectivity index (χ2v) is 8.85. The highest BCUT2D eigenvalue weighted by Crippen LogP contribution is 2.22. The zero-order valence-electron chi connectivity index (χ0n) is 19.8. The smallest absolute Gasteiger partial charge is 0.261 e. The molecule has 5 heteroatoms. The summed E-state index contributed by atoms with van der Waals surface area (Å²) in [6.07, 6.45) is 4.89. The molecule has 0 unspecified atom stereocenters. The van der Waals surface area contributed by atoms with Gasteiger partial charge in [0.05, 0.1) is 0 Å². The molecule has 172 valence electrons. The minimum atomic E-state index is -0.523. The first-order valence-corrected chi connectivity index (χ1v) is 11.7. The lowest BCUT2D eigenvalue weighted by molar-refractivity contribution is -0.143. The van der Waals surface area contributed by atoms with Crippen LogP contribution in [0.15, 0.2) is 42.5 Å².